The third-order valence-electron chi connectivity index (χ3n) is 3.40. The Balaban J connectivity index is 0.000000297. The molecule has 0 fully saturated rings. The van der Waals surface area contributed by atoms with Crippen LogP contribution in [0.2, 0.25) is 0 Å². The molecule has 4 nitrogen and oxygen atoms in total. The van der Waals surface area contributed by atoms with Crippen LogP contribution in [0.25, 0.3) is 0 Å². The lowest BCUT2D eigenvalue weighted by Gasteiger charge is -2.25. The van der Waals surface area contributed by atoms with Crippen LogP contribution in [0.3, 0.4) is 0 Å². The van der Waals surface area contributed by atoms with Gasteiger partial charge in [-0.1, -0.05) is 24.3 Å². The fraction of sp³-hybridized carbons (Fsp3) is 0.467. The van der Waals surface area contributed by atoms with Crippen molar-refractivity contribution in [2.45, 2.75) is 32.1 Å². The highest BCUT2D eigenvalue weighted by atomic mass is 16.4. The summed E-state index contributed by atoms with van der Waals surface area (Å²) in [5.74, 6) is 0.930. The molecule has 1 aromatic rings. The van der Waals surface area contributed by atoms with Crippen molar-refractivity contribution in [1.82, 2.24) is 5.32 Å². The minimum atomic E-state index is -0.833. The molecular weight excluding hydrogens is 240 g/mol. The second-order valence-corrected chi connectivity index (χ2v) is 4.86. The summed E-state index contributed by atoms with van der Waals surface area (Å²) in [5.41, 5.74) is 3.02. The quantitative estimate of drug-likeness (QED) is 0.813. The maximum atomic E-state index is 9.00. The molecule has 1 aliphatic carbocycles. The van der Waals surface area contributed by atoms with Gasteiger partial charge in [0.2, 0.25) is 0 Å². The van der Waals surface area contributed by atoms with Crippen LogP contribution in [-0.2, 0) is 11.2 Å². The molecule has 1 atom stereocenters. The Morgan fingerprint density at radius 2 is 2.16 bits per heavy atom. The SMILES string of the molecule is CC(=O)O.c1ccc2c(c1)CCCC2C1=NCCN1. The van der Waals surface area contributed by atoms with Gasteiger partial charge < -0.3 is 10.4 Å². The number of aryl methyl sites for hydroxylation is 1. The van der Waals surface area contributed by atoms with Crippen molar-refractivity contribution < 1.29 is 9.90 Å². The summed E-state index contributed by atoms with van der Waals surface area (Å²) in [7, 11) is 0. The van der Waals surface area contributed by atoms with E-state index >= 15 is 0 Å². The van der Waals surface area contributed by atoms with Crippen molar-refractivity contribution in [3.8, 4) is 0 Å². The molecule has 0 saturated carbocycles. The smallest absolute Gasteiger partial charge is 0.300 e. The fourth-order valence-corrected chi connectivity index (χ4v) is 2.69. The molecule has 4 heteroatoms. The Hall–Kier alpha value is -1.84. The van der Waals surface area contributed by atoms with Crippen LogP contribution < -0.4 is 5.32 Å². The molecule has 102 valence electrons. The summed E-state index contributed by atoms with van der Waals surface area (Å²) < 4.78 is 0. The topological polar surface area (TPSA) is 61.7 Å². The number of fused-ring (bicyclic) bond motifs is 1. The van der Waals surface area contributed by atoms with Gasteiger partial charge in [0.05, 0.1) is 6.54 Å². The van der Waals surface area contributed by atoms with Crippen LogP contribution in [0.4, 0.5) is 0 Å². The minimum Gasteiger partial charge on any atom is -0.481 e. The number of benzene rings is 1. The highest BCUT2D eigenvalue weighted by molar-refractivity contribution is 5.90. The average Bonchev–Trinajstić information content (AvgIpc) is 2.91. The van der Waals surface area contributed by atoms with Gasteiger partial charge in [0.1, 0.15) is 5.84 Å². The predicted octanol–water partition coefficient (Wildman–Crippen LogP) is 2.20. The minimum absolute atomic E-state index is 0.539. The number of rotatable bonds is 1. The Kier molecular flexibility index (Phi) is 4.55. The van der Waals surface area contributed by atoms with E-state index in [0.29, 0.717) is 5.92 Å². The summed E-state index contributed by atoms with van der Waals surface area (Å²) in [6.45, 7) is 3.06. The maximum absolute atomic E-state index is 9.00. The second kappa shape index (κ2) is 6.36. The van der Waals surface area contributed by atoms with Gasteiger partial charge in [0.15, 0.2) is 0 Å². The zero-order chi connectivity index (χ0) is 13.7. The van der Waals surface area contributed by atoms with Crippen molar-refractivity contribution in [2.75, 3.05) is 13.1 Å². The third-order valence-corrected chi connectivity index (χ3v) is 3.40. The number of nitrogens with zero attached hydrogens (tertiary/aromatic N) is 1. The summed E-state index contributed by atoms with van der Waals surface area (Å²) in [6.07, 6.45) is 3.78. The number of carboxylic acid groups (broad SMARTS) is 1. The van der Waals surface area contributed by atoms with Gasteiger partial charge in [-0.25, -0.2) is 0 Å². The standard InChI is InChI=1S/C13H16N2.C2H4O2/c1-2-6-11-10(4-1)5-3-7-12(11)13-14-8-9-15-13;1-2(3)4/h1-2,4,6,12H,3,5,7-9H2,(H,14,15);1H3,(H,3,4). The molecule has 0 spiro atoms. The molecule has 0 bridgehead atoms. The highest BCUT2D eigenvalue weighted by Crippen LogP contribution is 2.32. The van der Waals surface area contributed by atoms with Gasteiger partial charge in [0, 0.05) is 19.4 Å². The van der Waals surface area contributed by atoms with Crippen molar-refractivity contribution >= 4 is 11.8 Å². The summed E-state index contributed by atoms with van der Waals surface area (Å²) in [6, 6.07) is 8.82. The zero-order valence-corrected chi connectivity index (χ0v) is 11.2. The zero-order valence-electron chi connectivity index (χ0n) is 11.2. The first-order valence-corrected chi connectivity index (χ1v) is 6.74. The second-order valence-electron chi connectivity index (χ2n) is 4.86. The molecule has 0 aromatic heterocycles. The number of amidine groups is 1. The van der Waals surface area contributed by atoms with E-state index in [-0.39, 0.29) is 0 Å². The van der Waals surface area contributed by atoms with Crippen LogP contribution in [0.5, 0.6) is 0 Å². The summed E-state index contributed by atoms with van der Waals surface area (Å²) >= 11 is 0. The van der Waals surface area contributed by atoms with E-state index in [1.807, 2.05) is 0 Å². The monoisotopic (exact) mass is 260 g/mol. The number of nitrogens with one attached hydrogen (secondary N) is 1. The Morgan fingerprint density at radius 3 is 2.84 bits per heavy atom. The summed E-state index contributed by atoms with van der Waals surface area (Å²) in [4.78, 5) is 13.6. The van der Waals surface area contributed by atoms with E-state index in [4.69, 9.17) is 9.90 Å². The normalized spacial score (nSPS) is 20.5. The first-order chi connectivity index (χ1) is 9.18. The summed E-state index contributed by atoms with van der Waals surface area (Å²) in [5, 5.41) is 10.8. The highest BCUT2D eigenvalue weighted by Gasteiger charge is 2.25. The number of hydrogen-bond donors (Lipinski definition) is 2. The Labute approximate surface area is 113 Å². The van der Waals surface area contributed by atoms with Gasteiger partial charge in [-0.2, -0.15) is 0 Å². The Bertz CT molecular complexity index is 479. The molecule has 1 unspecified atom stereocenters. The number of carbonyl (C=O) groups is 1. The van der Waals surface area contributed by atoms with Crippen LogP contribution in [0, 0.1) is 0 Å². The number of aliphatic imine (C=N–C) groups is 1. The van der Waals surface area contributed by atoms with Crippen molar-refractivity contribution in [1.29, 1.82) is 0 Å². The molecule has 2 N–H and O–H groups in total. The fourth-order valence-electron chi connectivity index (χ4n) is 2.69. The van der Waals surface area contributed by atoms with E-state index < -0.39 is 5.97 Å². The number of hydrogen-bond acceptors (Lipinski definition) is 3. The molecule has 19 heavy (non-hydrogen) atoms. The van der Waals surface area contributed by atoms with Crippen LogP contribution in [0.15, 0.2) is 29.3 Å². The van der Waals surface area contributed by atoms with Gasteiger partial charge in [-0.3, -0.25) is 9.79 Å². The largest absolute Gasteiger partial charge is 0.481 e. The molecular formula is C15H20N2O2. The third kappa shape index (κ3) is 3.56. The van der Waals surface area contributed by atoms with Crippen molar-refractivity contribution in [3.05, 3.63) is 35.4 Å². The average molecular weight is 260 g/mol. The van der Waals surface area contributed by atoms with Crippen molar-refractivity contribution in [2.24, 2.45) is 4.99 Å². The molecule has 3 rings (SSSR count). The van der Waals surface area contributed by atoms with Crippen LogP contribution in [-0.4, -0.2) is 30.0 Å². The maximum Gasteiger partial charge on any atom is 0.300 e. The lowest BCUT2D eigenvalue weighted by Crippen LogP contribution is -2.28. The number of aliphatic carboxylic acids is 1. The van der Waals surface area contributed by atoms with Gasteiger partial charge in [-0.05, 0) is 30.4 Å². The lowest BCUT2D eigenvalue weighted by molar-refractivity contribution is -0.134. The molecule has 1 heterocycles. The van der Waals surface area contributed by atoms with Gasteiger partial charge in [0.25, 0.3) is 5.97 Å². The van der Waals surface area contributed by atoms with Gasteiger partial charge >= 0.3 is 0 Å². The molecule has 0 saturated heterocycles. The van der Waals surface area contributed by atoms with E-state index in [2.05, 4.69) is 34.6 Å². The van der Waals surface area contributed by atoms with E-state index in [1.54, 1.807) is 0 Å². The first-order valence-electron chi connectivity index (χ1n) is 6.74. The molecule has 0 radical (unpaired) electrons. The van der Waals surface area contributed by atoms with E-state index in [9.17, 15) is 0 Å². The van der Waals surface area contributed by atoms with Crippen LogP contribution >= 0.6 is 0 Å². The lowest BCUT2D eigenvalue weighted by atomic mass is 9.82. The Morgan fingerprint density at radius 1 is 1.42 bits per heavy atom. The molecule has 1 aliphatic heterocycles. The number of carboxylic acids is 1. The predicted molar refractivity (Wildman–Crippen MR) is 75.7 cm³/mol. The van der Waals surface area contributed by atoms with Crippen LogP contribution in [0.1, 0.15) is 36.8 Å². The molecule has 2 aliphatic rings. The van der Waals surface area contributed by atoms with E-state index in [0.717, 1.165) is 20.0 Å². The first kappa shape index (κ1) is 13.6. The molecule has 0 amide bonds. The van der Waals surface area contributed by atoms with Gasteiger partial charge in [-0.15, -0.1) is 0 Å². The van der Waals surface area contributed by atoms with E-state index in [1.165, 1.54) is 36.2 Å². The molecule has 1 aromatic carbocycles. The van der Waals surface area contributed by atoms with Crippen molar-refractivity contribution in [3.63, 3.8) is 0 Å².